The molecule has 100 valence electrons. The van der Waals surface area contributed by atoms with Crippen molar-refractivity contribution in [1.29, 1.82) is 0 Å². The molecule has 0 heterocycles. The first-order chi connectivity index (χ1) is 8.20. The highest BCUT2D eigenvalue weighted by molar-refractivity contribution is 7.89. The van der Waals surface area contributed by atoms with E-state index in [1.54, 1.807) is 0 Å². The van der Waals surface area contributed by atoms with Crippen LogP contribution in [0.1, 0.15) is 24.2 Å². The number of halogens is 2. The van der Waals surface area contributed by atoms with Gasteiger partial charge in [0.1, 0.15) is 16.5 Å². The lowest BCUT2D eigenvalue weighted by Gasteiger charge is -2.09. The number of sulfonamides is 1. The predicted octanol–water partition coefficient (Wildman–Crippen LogP) is 1.71. The molecule has 4 nitrogen and oxygen atoms in total. The van der Waals surface area contributed by atoms with Crippen LogP contribution in [0.15, 0.2) is 17.0 Å². The number of carbonyl (C=O) groups excluding carboxylic acids is 1. The Morgan fingerprint density at radius 2 is 1.78 bits per heavy atom. The Bertz CT molecular complexity index is 582. The van der Waals surface area contributed by atoms with Crippen molar-refractivity contribution in [2.75, 3.05) is 7.05 Å². The SMILES string of the molecule is CNS(=O)(=O)c1cc(C(=O)C(C)C)c(F)cc1F. The molecule has 7 heteroatoms. The van der Waals surface area contributed by atoms with Crippen LogP contribution in [0.3, 0.4) is 0 Å². The van der Waals surface area contributed by atoms with Crippen LogP contribution in [-0.4, -0.2) is 21.2 Å². The van der Waals surface area contributed by atoms with E-state index in [9.17, 15) is 22.0 Å². The van der Waals surface area contributed by atoms with Crippen LogP contribution < -0.4 is 4.72 Å². The van der Waals surface area contributed by atoms with E-state index in [4.69, 9.17) is 0 Å². The third kappa shape index (κ3) is 2.73. The summed E-state index contributed by atoms with van der Waals surface area (Å²) < 4.78 is 51.8. The maximum atomic E-state index is 13.5. The van der Waals surface area contributed by atoms with E-state index in [0.717, 1.165) is 13.1 Å². The third-order valence-electron chi connectivity index (χ3n) is 2.37. The minimum atomic E-state index is -4.07. The van der Waals surface area contributed by atoms with Gasteiger partial charge in [0.05, 0.1) is 5.56 Å². The topological polar surface area (TPSA) is 63.2 Å². The predicted molar refractivity (Wildman–Crippen MR) is 61.8 cm³/mol. The molecular weight excluding hydrogens is 264 g/mol. The molecule has 0 aliphatic rings. The fourth-order valence-corrected chi connectivity index (χ4v) is 2.15. The van der Waals surface area contributed by atoms with Gasteiger partial charge >= 0.3 is 0 Å². The van der Waals surface area contributed by atoms with Gasteiger partial charge in [0.15, 0.2) is 5.78 Å². The van der Waals surface area contributed by atoms with Crippen molar-refractivity contribution in [2.45, 2.75) is 18.7 Å². The summed E-state index contributed by atoms with van der Waals surface area (Å²) in [5, 5.41) is 0. The van der Waals surface area contributed by atoms with E-state index in [0.29, 0.717) is 6.07 Å². The summed E-state index contributed by atoms with van der Waals surface area (Å²) in [6.45, 7) is 3.08. The van der Waals surface area contributed by atoms with E-state index in [1.807, 2.05) is 4.72 Å². The standard InChI is InChI=1S/C11H13F2NO3S/c1-6(2)11(15)7-4-10(18(16,17)14-3)9(13)5-8(7)12/h4-6,14H,1-3H3. The molecule has 1 N–H and O–H groups in total. The minimum Gasteiger partial charge on any atom is -0.294 e. The number of benzene rings is 1. The molecule has 0 unspecified atom stereocenters. The van der Waals surface area contributed by atoms with Crippen molar-refractivity contribution in [3.05, 3.63) is 29.3 Å². The summed E-state index contributed by atoms with van der Waals surface area (Å²) in [6.07, 6.45) is 0. The quantitative estimate of drug-likeness (QED) is 0.852. The average Bonchev–Trinajstić information content (AvgIpc) is 2.27. The van der Waals surface area contributed by atoms with Gasteiger partial charge in [-0.3, -0.25) is 4.79 Å². The molecule has 1 rings (SSSR count). The Morgan fingerprint density at radius 1 is 1.22 bits per heavy atom. The molecular formula is C11H13F2NO3S. The number of Topliss-reactive ketones (excluding diaryl/α,β-unsaturated/α-hetero) is 1. The van der Waals surface area contributed by atoms with Gasteiger partial charge in [-0.15, -0.1) is 0 Å². The number of hydrogen-bond donors (Lipinski definition) is 1. The number of rotatable bonds is 4. The maximum Gasteiger partial charge on any atom is 0.243 e. The van der Waals surface area contributed by atoms with E-state index >= 15 is 0 Å². The van der Waals surface area contributed by atoms with Crippen LogP contribution in [0, 0.1) is 17.6 Å². The molecule has 0 saturated heterocycles. The second-order valence-electron chi connectivity index (χ2n) is 3.99. The van der Waals surface area contributed by atoms with Crippen molar-refractivity contribution in [2.24, 2.45) is 5.92 Å². The minimum absolute atomic E-state index is 0.403. The Kier molecular flexibility index (Phi) is 4.18. The lowest BCUT2D eigenvalue weighted by atomic mass is 10.0. The molecule has 0 spiro atoms. The first kappa shape index (κ1) is 14.7. The molecule has 18 heavy (non-hydrogen) atoms. The van der Waals surface area contributed by atoms with E-state index < -0.39 is 43.8 Å². The summed E-state index contributed by atoms with van der Waals surface area (Å²) in [5.74, 6) is -3.40. The van der Waals surface area contributed by atoms with Gasteiger partial charge in [-0.2, -0.15) is 0 Å². The van der Waals surface area contributed by atoms with Crippen LogP contribution in [-0.2, 0) is 10.0 Å². The molecule has 1 aromatic rings. The van der Waals surface area contributed by atoms with Gasteiger partial charge in [-0.25, -0.2) is 21.9 Å². The van der Waals surface area contributed by atoms with Crippen molar-refractivity contribution in [3.8, 4) is 0 Å². The second kappa shape index (κ2) is 5.11. The first-order valence-electron chi connectivity index (χ1n) is 5.17. The molecule has 0 aromatic heterocycles. The van der Waals surface area contributed by atoms with Crippen LogP contribution in [0.2, 0.25) is 0 Å². The van der Waals surface area contributed by atoms with Gasteiger partial charge in [0, 0.05) is 12.0 Å². The summed E-state index contributed by atoms with van der Waals surface area (Å²) in [7, 11) is -2.97. The molecule has 0 aliphatic heterocycles. The van der Waals surface area contributed by atoms with Gasteiger partial charge in [0.25, 0.3) is 0 Å². The fraction of sp³-hybridized carbons (Fsp3) is 0.364. The van der Waals surface area contributed by atoms with Crippen LogP contribution in [0.25, 0.3) is 0 Å². The highest BCUT2D eigenvalue weighted by Gasteiger charge is 2.24. The van der Waals surface area contributed by atoms with E-state index in [2.05, 4.69) is 0 Å². The van der Waals surface area contributed by atoms with Crippen LogP contribution in [0.4, 0.5) is 8.78 Å². The van der Waals surface area contributed by atoms with E-state index in [-0.39, 0.29) is 0 Å². The van der Waals surface area contributed by atoms with Gasteiger partial charge in [-0.1, -0.05) is 13.8 Å². The average molecular weight is 277 g/mol. The molecule has 0 amide bonds. The van der Waals surface area contributed by atoms with Gasteiger partial charge < -0.3 is 0 Å². The summed E-state index contributed by atoms with van der Waals surface area (Å²) in [5.41, 5.74) is -0.430. The third-order valence-corrected chi connectivity index (χ3v) is 3.80. The highest BCUT2D eigenvalue weighted by atomic mass is 32.2. The summed E-state index contributed by atoms with van der Waals surface area (Å²) in [6, 6.07) is 1.12. The largest absolute Gasteiger partial charge is 0.294 e. The number of nitrogens with one attached hydrogen (secondary N) is 1. The molecule has 0 atom stereocenters. The molecule has 0 bridgehead atoms. The van der Waals surface area contributed by atoms with Crippen LogP contribution in [0.5, 0.6) is 0 Å². The Morgan fingerprint density at radius 3 is 2.22 bits per heavy atom. The lowest BCUT2D eigenvalue weighted by Crippen LogP contribution is -2.21. The number of carbonyl (C=O) groups is 1. The summed E-state index contributed by atoms with van der Waals surface area (Å²) in [4.78, 5) is 10.9. The normalized spacial score (nSPS) is 11.9. The summed E-state index contributed by atoms with van der Waals surface area (Å²) >= 11 is 0. The zero-order chi connectivity index (χ0) is 14.1. The highest BCUT2D eigenvalue weighted by Crippen LogP contribution is 2.21. The van der Waals surface area contributed by atoms with Crippen molar-refractivity contribution in [3.63, 3.8) is 0 Å². The van der Waals surface area contributed by atoms with Crippen molar-refractivity contribution < 1.29 is 22.0 Å². The number of hydrogen-bond acceptors (Lipinski definition) is 3. The lowest BCUT2D eigenvalue weighted by molar-refractivity contribution is 0.0935. The zero-order valence-electron chi connectivity index (χ0n) is 10.1. The Labute approximate surface area is 104 Å². The maximum absolute atomic E-state index is 13.5. The Hall–Kier alpha value is -1.34. The smallest absolute Gasteiger partial charge is 0.243 e. The zero-order valence-corrected chi connectivity index (χ0v) is 10.9. The molecule has 0 radical (unpaired) electrons. The number of ketones is 1. The molecule has 0 aliphatic carbocycles. The molecule has 0 fully saturated rings. The first-order valence-corrected chi connectivity index (χ1v) is 6.65. The van der Waals surface area contributed by atoms with Crippen molar-refractivity contribution >= 4 is 15.8 Å². The molecule has 0 saturated carbocycles. The fourth-order valence-electron chi connectivity index (χ4n) is 1.34. The van der Waals surface area contributed by atoms with E-state index in [1.165, 1.54) is 13.8 Å². The van der Waals surface area contributed by atoms with Crippen LogP contribution >= 0.6 is 0 Å². The second-order valence-corrected chi connectivity index (χ2v) is 5.84. The Balaban J connectivity index is 3.50. The van der Waals surface area contributed by atoms with Gasteiger partial charge in [0.2, 0.25) is 10.0 Å². The monoisotopic (exact) mass is 277 g/mol. The van der Waals surface area contributed by atoms with Crippen molar-refractivity contribution in [1.82, 2.24) is 4.72 Å². The van der Waals surface area contributed by atoms with Gasteiger partial charge in [-0.05, 0) is 13.1 Å². The molecule has 1 aromatic carbocycles.